The predicted molar refractivity (Wildman–Crippen MR) is 83.1 cm³/mol. The van der Waals surface area contributed by atoms with Crippen molar-refractivity contribution in [2.24, 2.45) is 10.9 Å². The highest BCUT2D eigenvalue weighted by Crippen LogP contribution is 2.25. The van der Waals surface area contributed by atoms with Crippen LogP contribution in [0.25, 0.3) is 6.08 Å². The normalized spacial score (nSPS) is 23.5. The number of hydrogen-bond donors (Lipinski definition) is 1. The summed E-state index contributed by atoms with van der Waals surface area (Å²) in [6.07, 6.45) is 10.5. The molecular weight excluding hydrogens is 246 g/mol. The van der Waals surface area contributed by atoms with E-state index in [4.69, 9.17) is 5.26 Å². The van der Waals surface area contributed by atoms with Crippen molar-refractivity contribution in [3.05, 3.63) is 42.0 Å². The predicted octanol–water partition coefficient (Wildman–Crippen LogP) is 3.75. The second-order valence-electron chi connectivity index (χ2n) is 5.41. The van der Waals surface area contributed by atoms with Gasteiger partial charge in [0.1, 0.15) is 5.84 Å². The molecule has 0 spiro atoms. The van der Waals surface area contributed by atoms with Crippen molar-refractivity contribution in [1.82, 2.24) is 5.32 Å². The van der Waals surface area contributed by atoms with Gasteiger partial charge in [0.15, 0.2) is 6.19 Å². The van der Waals surface area contributed by atoms with Crippen LogP contribution in [0.5, 0.6) is 0 Å². The molecular formula is C17H21N3. The summed E-state index contributed by atoms with van der Waals surface area (Å²) in [5.41, 5.74) is 1.11. The number of benzene rings is 1. The van der Waals surface area contributed by atoms with E-state index in [0.717, 1.165) is 24.3 Å². The van der Waals surface area contributed by atoms with Crippen LogP contribution in [0.4, 0.5) is 0 Å². The van der Waals surface area contributed by atoms with Crippen LogP contribution in [-0.2, 0) is 0 Å². The van der Waals surface area contributed by atoms with E-state index in [-0.39, 0.29) is 0 Å². The third-order valence-corrected chi connectivity index (χ3v) is 3.72. The van der Waals surface area contributed by atoms with Crippen LogP contribution < -0.4 is 5.32 Å². The van der Waals surface area contributed by atoms with Gasteiger partial charge in [0.25, 0.3) is 0 Å². The first-order valence-corrected chi connectivity index (χ1v) is 7.24. The Morgan fingerprint density at radius 2 is 1.95 bits per heavy atom. The molecule has 2 rings (SSSR count). The number of amidine groups is 1. The van der Waals surface area contributed by atoms with Crippen molar-refractivity contribution in [2.75, 3.05) is 0 Å². The zero-order valence-corrected chi connectivity index (χ0v) is 11.9. The van der Waals surface area contributed by atoms with Gasteiger partial charge in [0.05, 0.1) is 6.04 Å². The van der Waals surface area contributed by atoms with Crippen molar-refractivity contribution in [1.29, 1.82) is 5.26 Å². The topological polar surface area (TPSA) is 48.2 Å². The van der Waals surface area contributed by atoms with Crippen LogP contribution in [0, 0.1) is 17.4 Å². The van der Waals surface area contributed by atoms with Gasteiger partial charge in [0, 0.05) is 0 Å². The van der Waals surface area contributed by atoms with Gasteiger partial charge in [-0.1, -0.05) is 43.3 Å². The molecule has 20 heavy (non-hydrogen) atoms. The average molecular weight is 267 g/mol. The second kappa shape index (κ2) is 7.49. The molecule has 1 aromatic carbocycles. The van der Waals surface area contributed by atoms with E-state index in [1.807, 2.05) is 48.7 Å². The van der Waals surface area contributed by atoms with E-state index in [2.05, 4.69) is 17.2 Å². The summed E-state index contributed by atoms with van der Waals surface area (Å²) in [4.78, 5) is 4.67. The lowest BCUT2D eigenvalue weighted by atomic mass is 9.88. The standard InChI is InChI=1S/C17H21N3/c1-14-7-10-16(11-8-14)20-17(19-13-18)12-9-15-5-3-2-4-6-15/h2-6,9,12,14,16H,7-8,10-11H2,1H3,(H,19,20)/b12-9+. The Balaban J connectivity index is 2.03. The molecule has 1 fully saturated rings. The van der Waals surface area contributed by atoms with Gasteiger partial charge < -0.3 is 0 Å². The van der Waals surface area contributed by atoms with Gasteiger partial charge in [-0.3, -0.25) is 10.3 Å². The molecule has 0 aliphatic heterocycles. The lowest BCUT2D eigenvalue weighted by Crippen LogP contribution is -2.22. The highest BCUT2D eigenvalue weighted by Gasteiger charge is 2.17. The van der Waals surface area contributed by atoms with Crippen LogP contribution in [0.15, 0.2) is 41.4 Å². The number of aliphatic imine (C=N–C) groups is 1. The summed E-state index contributed by atoms with van der Waals surface area (Å²) >= 11 is 0. The fraction of sp³-hybridized carbons (Fsp3) is 0.412. The second-order valence-corrected chi connectivity index (χ2v) is 5.41. The number of nitrogens with one attached hydrogen (secondary N) is 1. The lowest BCUT2D eigenvalue weighted by molar-refractivity contribution is 0.349. The summed E-state index contributed by atoms with van der Waals surface area (Å²) in [6.45, 7) is 2.30. The molecule has 0 unspecified atom stereocenters. The minimum absolute atomic E-state index is 0.350. The molecule has 1 aliphatic rings. The summed E-state index contributed by atoms with van der Waals surface area (Å²) in [5.74, 6) is 1.48. The van der Waals surface area contributed by atoms with Crippen molar-refractivity contribution >= 4 is 11.9 Å². The maximum Gasteiger partial charge on any atom is 0.182 e. The molecule has 1 aliphatic carbocycles. The fourth-order valence-electron chi connectivity index (χ4n) is 2.48. The summed E-state index contributed by atoms with van der Waals surface area (Å²) in [5, 5.41) is 11.5. The maximum absolute atomic E-state index is 8.83. The van der Waals surface area contributed by atoms with Gasteiger partial charge in [-0.05, 0) is 43.2 Å². The molecule has 1 N–H and O–H groups in total. The van der Waals surface area contributed by atoms with E-state index in [9.17, 15) is 0 Å². The molecule has 0 amide bonds. The Hall–Kier alpha value is -2.08. The van der Waals surface area contributed by atoms with E-state index >= 15 is 0 Å². The van der Waals surface area contributed by atoms with E-state index in [0.29, 0.717) is 11.9 Å². The fourth-order valence-corrected chi connectivity index (χ4v) is 2.48. The zero-order chi connectivity index (χ0) is 14.2. The molecule has 0 radical (unpaired) electrons. The zero-order valence-electron chi connectivity index (χ0n) is 11.9. The Morgan fingerprint density at radius 3 is 2.60 bits per heavy atom. The minimum atomic E-state index is 0.350. The highest BCUT2D eigenvalue weighted by atomic mass is 15.0. The van der Waals surface area contributed by atoms with E-state index in [1.165, 1.54) is 12.8 Å². The van der Waals surface area contributed by atoms with Crippen LogP contribution in [0.1, 0.15) is 38.2 Å². The van der Waals surface area contributed by atoms with Crippen LogP contribution in [0.3, 0.4) is 0 Å². The smallest absolute Gasteiger partial charge is 0.182 e. The van der Waals surface area contributed by atoms with Gasteiger partial charge >= 0.3 is 0 Å². The maximum atomic E-state index is 8.83. The van der Waals surface area contributed by atoms with E-state index in [1.54, 1.807) is 0 Å². The van der Waals surface area contributed by atoms with Gasteiger partial charge in [-0.25, -0.2) is 0 Å². The number of nitrogens with zero attached hydrogens (tertiary/aromatic N) is 2. The lowest BCUT2D eigenvalue weighted by Gasteiger charge is -2.23. The molecule has 104 valence electrons. The molecule has 3 nitrogen and oxygen atoms in total. The number of nitriles is 1. The van der Waals surface area contributed by atoms with Crippen molar-refractivity contribution in [3.63, 3.8) is 0 Å². The molecule has 0 atom stereocenters. The third kappa shape index (κ3) is 4.55. The van der Waals surface area contributed by atoms with Crippen molar-refractivity contribution < 1.29 is 0 Å². The first kappa shape index (κ1) is 14.3. The first-order chi connectivity index (χ1) is 9.78. The summed E-state index contributed by atoms with van der Waals surface area (Å²) < 4.78 is 0. The highest BCUT2D eigenvalue weighted by molar-refractivity contribution is 5.97. The monoisotopic (exact) mass is 267 g/mol. The van der Waals surface area contributed by atoms with Crippen LogP contribution in [0.2, 0.25) is 0 Å². The summed E-state index contributed by atoms with van der Waals surface area (Å²) in [7, 11) is 0. The Kier molecular flexibility index (Phi) is 5.37. The van der Waals surface area contributed by atoms with E-state index < -0.39 is 0 Å². The molecule has 1 aromatic rings. The molecule has 1 saturated carbocycles. The summed E-state index contributed by atoms with van der Waals surface area (Å²) in [6, 6.07) is 10.4. The quantitative estimate of drug-likeness (QED) is 0.392. The Morgan fingerprint density at radius 1 is 1.25 bits per heavy atom. The molecule has 0 aromatic heterocycles. The van der Waals surface area contributed by atoms with Gasteiger partial charge in [-0.15, -0.1) is 0 Å². The Labute approximate surface area is 121 Å². The minimum Gasteiger partial charge on any atom is -0.277 e. The molecule has 0 bridgehead atoms. The van der Waals surface area contributed by atoms with Gasteiger partial charge in [-0.2, -0.15) is 5.26 Å². The molecule has 3 heteroatoms. The third-order valence-electron chi connectivity index (χ3n) is 3.72. The van der Waals surface area contributed by atoms with Gasteiger partial charge in [0.2, 0.25) is 0 Å². The van der Waals surface area contributed by atoms with Crippen LogP contribution in [-0.4, -0.2) is 11.9 Å². The largest absolute Gasteiger partial charge is 0.277 e. The first-order valence-electron chi connectivity index (χ1n) is 7.24. The molecule has 0 saturated heterocycles. The Bertz CT molecular complexity index is 503. The number of rotatable bonds is 3. The van der Waals surface area contributed by atoms with Crippen molar-refractivity contribution in [2.45, 2.75) is 38.6 Å². The van der Waals surface area contributed by atoms with Crippen LogP contribution >= 0.6 is 0 Å². The SMILES string of the molecule is CC1CCC(N=C(/C=C/c2ccccc2)NC#N)CC1. The number of hydrogen-bond acceptors (Lipinski definition) is 2. The average Bonchev–Trinajstić information content (AvgIpc) is 2.48. The van der Waals surface area contributed by atoms with Crippen molar-refractivity contribution in [3.8, 4) is 6.19 Å². The molecule has 0 heterocycles.